The molecule has 0 aliphatic rings. The summed E-state index contributed by atoms with van der Waals surface area (Å²) in [5, 5.41) is 0.686. The number of carbonyl (C=O) groups is 1. The first-order valence-electron chi connectivity index (χ1n) is 6.73. The molecule has 0 spiro atoms. The van der Waals surface area contributed by atoms with E-state index >= 15 is 0 Å². The van der Waals surface area contributed by atoms with Gasteiger partial charge in [0.25, 0.3) is 0 Å². The molecule has 1 rings (SSSR count). The first-order chi connectivity index (χ1) is 8.95. The number of halogens is 1. The molecule has 0 radical (unpaired) electrons. The number of hydrogen-bond donors (Lipinski definition) is 1. The van der Waals surface area contributed by atoms with Crippen molar-refractivity contribution in [3.63, 3.8) is 0 Å². The van der Waals surface area contributed by atoms with Crippen LogP contribution in [0.5, 0.6) is 0 Å². The first kappa shape index (κ1) is 16.0. The molecular formula is C15H23ClN2O. The standard InChI is InChI=1S/C15H23ClN2O/c1-4-18(15(19)14(17)9-11(2)3)10-12-7-5-6-8-13(12)16/h5-8,11,14H,4,9-10,17H2,1-3H3. The van der Waals surface area contributed by atoms with E-state index in [2.05, 4.69) is 13.8 Å². The lowest BCUT2D eigenvalue weighted by Gasteiger charge is -2.25. The quantitative estimate of drug-likeness (QED) is 0.872. The highest BCUT2D eigenvalue weighted by Crippen LogP contribution is 2.17. The molecule has 0 bridgehead atoms. The van der Waals surface area contributed by atoms with Crippen LogP contribution in [0.15, 0.2) is 24.3 Å². The lowest BCUT2D eigenvalue weighted by Crippen LogP contribution is -2.44. The number of carbonyl (C=O) groups excluding carboxylic acids is 1. The van der Waals surface area contributed by atoms with Gasteiger partial charge in [-0.2, -0.15) is 0 Å². The van der Waals surface area contributed by atoms with E-state index in [-0.39, 0.29) is 5.91 Å². The van der Waals surface area contributed by atoms with E-state index < -0.39 is 6.04 Å². The van der Waals surface area contributed by atoms with Crippen molar-refractivity contribution in [3.8, 4) is 0 Å². The van der Waals surface area contributed by atoms with Gasteiger partial charge in [0.05, 0.1) is 6.04 Å². The summed E-state index contributed by atoms with van der Waals surface area (Å²) in [4.78, 5) is 14.0. The number of nitrogens with zero attached hydrogens (tertiary/aromatic N) is 1. The fourth-order valence-electron chi connectivity index (χ4n) is 2.02. The number of benzene rings is 1. The summed E-state index contributed by atoms with van der Waals surface area (Å²) in [6.45, 7) is 7.24. The van der Waals surface area contributed by atoms with Gasteiger partial charge in [-0.25, -0.2) is 0 Å². The topological polar surface area (TPSA) is 46.3 Å². The van der Waals surface area contributed by atoms with Gasteiger partial charge in [0, 0.05) is 18.1 Å². The normalized spacial score (nSPS) is 12.5. The lowest BCUT2D eigenvalue weighted by atomic mass is 10.0. The Hall–Kier alpha value is -1.06. The number of rotatable bonds is 6. The van der Waals surface area contributed by atoms with Gasteiger partial charge in [-0.3, -0.25) is 4.79 Å². The Balaban J connectivity index is 2.73. The van der Waals surface area contributed by atoms with Gasteiger partial charge in [-0.1, -0.05) is 43.6 Å². The Morgan fingerprint density at radius 1 is 1.37 bits per heavy atom. The predicted molar refractivity (Wildman–Crippen MR) is 80.0 cm³/mol. The summed E-state index contributed by atoms with van der Waals surface area (Å²) in [6.07, 6.45) is 0.706. The van der Waals surface area contributed by atoms with E-state index in [1.807, 2.05) is 31.2 Å². The first-order valence-corrected chi connectivity index (χ1v) is 7.11. The number of nitrogens with two attached hydrogens (primary N) is 1. The Bertz CT molecular complexity index is 420. The average molecular weight is 283 g/mol. The van der Waals surface area contributed by atoms with Gasteiger partial charge in [0.15, 0.2) is 0 Å². The summed E-state index contributed by atoms with van der Waals surface area (Å²) in [7, 11) is 0. The second-order valence-corrected chi connectivity index (χ2v) is 5.59. The van der Waals surface area contributed by atoms with Gasteiger partial charge >= 0.3 is 0 Å². The van der Waals surface area contributed by atoms with Crippen molar-refractivity contribution in [2.75, 3.05) is 6.54 Å². The highest BCUT2D eigenvalue weighted by Gasteiger charge is 2.21. The zero-order valence-electron chi connectivity index (χ0n) is 11.9. The van der Waals surface area contributed by atoms with E-state index in [0.717, 1.165) is 5.56 Å². The Labute approximate surface area is 120 Å². The molecule has 1 aromatic carbocycles. The molecule has 1 amide bonds. The Kier molecular flexibility index (Phi) is 6.32. The summed E-state index contributed by atoms with van der Waals surface area (Å²) >= 11 is 6.12. The molecule has 0 saturated carbocycles. The van der Waals surface area contributed by atoms with Gasteiger partial charge in [0.1, 0.15) is 0 Å². The molecule has 0 aliphatic heterocycles. The average Bonchev–Trinajstić information content (AvgIpc) is 2.36. The summed E-state index contributed by atoms with van der Waals surface area (Å²) in [5.74, 6) is 0.411. The predicted octanol–water partition coefficient (Wildman–Crippen LogP) is 3.06. The SMILES string of the molecule is CCN(Cc1ccccc1Cl)C(=O)C(N)CC(C)C. The maximum atomic E-state index is 12.3. The van der Waals surface area contributed by atoms with Crippen molar-refractivity contribution in [2.45, 2.75) is 39.8 Å². The fraction of sp³-hybridized carbons (Fsp3) is 0.533. The van der Waals surface area contributed by atoms with Crippen molar-refractivity contribution in [3.05, 3.63) is 34.9 Å². The largest absolute Gasteiger partial charge is 0.337 e. The van der Waals surface area contributed by atoms with Crippen LogP contribution in [0.4, 0.5) is 0 Å². The van der Waals surface area contributed by atoms with Crippen LogP contribution in [0.1, 0.15) is 32.8 Å². The van der Waals surface area contributed by atoms with Crippen LogP contribution < -0.4 is 5.73 Å². The minimum Gasteiger partial charge on any atom is -0.337 e. The van der Waals surface area contributed by atoms with Gasteiger partial charge in [0.2, 0.25) is 5.91 Å². The second-order valence-electron chi connectivity index (χ2n) is 5.18. The third-order valence-corrected chi connectivity index (χ3v) is 3.42. The lowest BCUT2D eigenvalue weighted by molar-refractivity contribution is -0.133. The van der Waals surface area contributed by atoms with Crippen LogP contribution in [0.25, 0.3) is 0 Å². The van der Waals surface area contributed by atoms with E-state index in [1.165, 1.54) is 0 Å². The fourth-order valence-corrected chi connectivity index (χ4v) is 2.22. The van der Waals surface area contributed by atoms with Gasteiger partial charge < -0.3 is 10.6 Å². The summed E-state index contributed by atoms with van der Waals surface area (Å²) in [5.41, 5.74) is 6.92. The highest BCUT2D eigenvalue weighted by molar-refractivity contribution is 6.31. The van der Waals surface area contributed by atoms with Crippen LogP contribution in [0, 0.1) is 5.92 Å². The minimum absolute atomic E-state index is 0.00359. The molecular weight excluding hydrogens is 260 g/mol. The third-order valence-electron chi connectivity index (χ3n) is 3.05. The molecule has 1 unspecified atom stereocenters. The molecule has 0 aliphatic carbocycles. The smallest absolute Gasteiger partial charge is 0.239 e. The molecule has 106 valence electrons. The van der Waals surface area contributed by atoms with Crippen molar-refractivity contribution in [1.29, 1.82) is 0 Å². The van der Waals surface area contributed by atoms with E-state index in [9.17, 15) is 4.79 Å². The molecule has 4 heteroatoms. The Morgan fingerprint density at radius 3 is 2.53 bits per heavy atom. The maximum absolute atomic E-state index is 12.3. The van der Waals surface area contributed by atoms with Crippen molar-refractivity contribution in [2.24, 2.45) is 11.7 Å². The Morgan fingerprint density at radius 2 is 2.00 bits per heavy atom. The zero-order chi connectivity index (χ0) is 14.4. The van der Waals surface area contributed by atoms with E-state index in [1.54, 1.807) is 4.90 Å². The molecule has 3 nitrogen and oxygen atoms in total. The van der Waals surface area contributed by atoms with Gasteiger partial charge in [-0.15, -0.1) is 0 Å². The molecule has 1 atom stereocenters. The molecule has 2 N–H and O–H groups in total. The van der Waals surface area contributed by atoms with Crippen molar-refractivity contribution < 1.29 is 4.79 Å². The highest BCUT2D eigenvalue weighted by atomic mass is 35.5. The van der Waals surface area contributed by atoms with E-state index in [4.69, 9.17) is 17.3 Å². The molecule has 1 aromatic rings. The third kappa shape index (κ3) is 4.84. The van der Waals surface area contributed by atoms with Gasteiger partial charge in [-0.05, 0) is 30.9 Å². The van der Waals surface area contributed by atoms with Crippen LogP contribution in [-0.4, -0.2) is 23.4 Å². The monoisotopic (exact) mass is 282 g/mol. The molecule has 0 heterocycles. The molecule has 0 aromatic heterocycles. The van der Waals surface area contributed by atoms with Crippen LogP contribution >= 0.6 is 11.6 Å². The van der Waals surface area contributed by atoms with E-state index in [0.29, 0.717) is 30.5 Å². The molecule has 0 fully saturated rings. The van der Waals surface area contributed by atoms with Crippen molar-refractivity contribution >= 4 is 17.5 Å². The van der Waals surface area contributed by atoms with Crippen molar-refractivity contribution in [1.82, 2.24) is 4.90 Å². The minimum atomic E-state index is -0.428. The molecule has 0 saturated heterocycles. The summed E-state index contributed by atoms with van der Waals surface area (Å²) < 4.78 is 0. The number of amides is 1. The zero-order valence-corrected chi connectivity index (χ0v) is 12.7. The second kappa shape index (κ2) is 7.51. The number of likely N-dealkylation sites (N-methyl/N-ethyl adjacent to an activating group) is 1. The number of hydrogen-bond acceptors (Lipinski definition) is 2. The molecule has 19 heavy (non-hydrogen) atoms. The van der Waals surface area contributed by atoms with Crippen LogP contribution in [-0.2, 0) is 11.3 Å². The summed E-state index contributed by atoms with van der Waals surface area (Å²) in [6, 6.07) is 7.15. The van der Waals surface area contributed by atoms with Crippen LogP contribution in [0.3, 0.4) is 0 Å². The maximum Gasteiger partial charge on any atom is 0.239 e. The van der Waals surface area contributed by atoms with Crippen LogP contribution in [0.2, 0.25) is 5.02 Å².